The van der Waals surface area contributed by atoms with Crippen molar-refractivity contribution in [2.45, 2.75) is 118 Å². The van der Waals surface area contributed by atoms with Crippen LogP contribution in [-0.4, -0.2) is 12.6 Å². The van der Waals surface area contributed by atoms with Crippen LogP contribution in [-0.2, 0) is 0 Å². The maximum atomic E-state index is 4.41. The molecule has 0 aromatic rings. The first kappa shape index (κ1) is 29.3. The average Bonchev–Trinajstić information content (AvgIpc) is 3.66. The smallest absolute Gasteiger partial charge is 0.0517 e. The van der Waals surface area contributed by atoms with E-state index in [1.807, 2.05) is 0 Å². The van der Waals surface area contributed by atoms with Gasteiger partial charge in [-0.1, -0.05) is 70.4 Å². The molecule has 2 aliphatic rings. The fraction of sp³-hybridized carbons (Fsp3) is 0.636. The van der Waals surface area contributed by atoms with Crippen LogP contribution < -0.4 is 10.6 Å². The third kappa shape index (κ3) is 10.7. The summed E-state index contributed by atoms with van der Waals surface area (Å²) in [5, 5.41) is 7.40. The second kappa shape index (κ2) is 15.2. The van der Waals surface area contributed by atoms with Gasteiger partial charge in [0.05, 0.1) is 6.04 Å². The Morgan fingerprint density at radius 2 is 1.77 bits per heavy atom. The van der Waals surface area contributed by atoms with Crippen LogP contribution in [0.5, 0.6) is 0 Å². The molecular formula is C33H54N2. The second-order valence-electron chi connectivity index (χ2n) is 11.3. The van der Waals surface area contributed by atoms with Gasteiger partial charge in [-0.05, 0) is 106 Å². The molecule has 1 fully saturated rings. The molecule has 0 spiro atoms. The summed E-state index contributed by atoms with van der Waals surface area (Å²) in [7, 11) is 0. The van der Waals surface area contributed by atoms with E-state index in [-0.39, 0.29) is 0 Å². The number of rotatable bonds is 18. The fourth-order valence-electron chi connectivity index (χ4n) is 4.99. The molecule has 0 amide bonds. The fourth-order valence-corrected chi connectivity index (χ4v) is 4.99. The minimum atomic E-state index is 0.292. The quantitative estimate of drug-likeness (QED) is 0.116. The van der Waals surface area contributed by atoms with E-state index in [1.54, 1.807) is 0 Å². The Bertz CT molecular complexity index is 818. The first-order valence-corrected chi connectivity index (χ1v) is 14.3. The minimum absolute atomic E-state index is 0.292. The van der Waals surface area contributed by atoms with E-state index in [0.29, 0.717) is 6.04 Å². The molecule has 0 radical (unpaired) electrons. The Balaban J connectivity index is 1.86. The third-order valence-electron chi connectivity index (χ3n) is 7.87. The van der Waals surface area contributed by atoms with Gasteiger partial charge in [-0.25, -0.2) is 0 Å². The molecular weight excluding hydrogens is 424 g/mol. The van der Waals surface area contributed by atoms with Gasteiger partial charge in [0.25, 0.3) is 0 Å². The molecule has 2 unspecified atom stereocenters. The average molecular weight is 479 g/mol. The number of allylic oxidation sites excluding steroid dienone is 6. The summed E-state index contributed by atoms with van der Waals surface area (Å²) in [6.07, 6.45) is 19.6. The van der Waals surface area contributed by atoms with Gasteiger partial charge in [-0.15, -0.1) is 6.58 Å². The normalized spacial score (nSPS) is 19.3. The zero-order valence-corrected chi connectivity index (χ0v) is 23.7. The Kier molecular flexibility index (Phi) is 12.7. The van der Waals surface area contributed by atoms with Crippen molar-refractivity contribution >= 4 is 0 Å². The van der Waals surface area contributed by atoms with Crippen LogP contribution in [0.3, 0.4) is 0 Å². The summed E-state index contributed by atoms with van der Waals surface area (Å²) in [6.45, 7) is 25.1. The van der Waals surface area contributed by atoms with Crippen molar-refractivity contribution < 1.29 is 0 Å². The lowest BCUT2D eigenvalue weighted by molar-refractivity contribution is 0.515. The third-order valence-corrected chi connectivity index (χ3v) is 7.87. The van der Waals surface area contributed by atoms with Gasteiger partial charge in [0, 0.05) is 17.9 Å². The van der Waals surface area contributed by atoms with Crippen LogP contribution in [0, 0.1) is 11.8 Å². The molecule has 0 aromatic heterocycles. The lowest BCUT2D eigenvalue weighted by atomic mass is 9.85. The Morgan fingerprint density at radius 1 is 1.09 bits per heavy atom. The maximum Gasteiger partial charge on any atom is 0.0517 e. The number of unbranched alkanes of at least 4 members (excludes halogenated alkanes) is 4. The van der Waals surface area contributed by atoms with Crippen LogP contribution in [0.4, 0.5) is 0 Å². The molecule has 196 valence electrons. The topological polar surface area (TPSA) is 24.1 Å². The molecule has 2 heteroatoms. The summed E-state index contributed by atoms with van der Waals surface area (Å²) in [5.41, 5.74) is 9.02. The predicted molar refractivity (Wildman–Crippen MR) is 156 cm³/mol. The summed E-state index contributed by atoms with van der Waals surface area (Å²) in [6, 6.07) is 0.292. The first-order chi connectivity index (χ1) is 16.7. The van der Waals surface area contributed by atoms with E-state index in [4.69, 9.17) is 0 Å². The van der Waals surface area contributed by atoms with Gasteiger partial charge >= 0.3 is 0 Å². The zero-order valence-electron chi connectivity index (χ0n) is 23.7. The molecule has 2 rings (SSSR count). The second-order valence-corrected chi connectivity index (χ2v) is 11.3. The van der Waals surface area contributed by atoms with E-state index in [9.17, 15) is 0 Å². The van der Waals surface area contributed by atoms with E-state index in [0.717, 1.165) is 55.5 Å². The molecule has 0 aliphatic heterocycles. The van der Waals surface area contributed by atoms with Crippen molar-refractivity contribution in [3.63, 3.8) is 0 Å². The van der Waals surface area contributed by atoms with Crippen LogP contribution in [0.1, 0.15) is 112 Å². The van der Waals surface area contributed by atoms with E-state index in [1.165, 1.54) is 79.2 Å². The summed E-state index contributed by atoms with van der Waals surface area (Å²) in [5.74, 6) is 1.75. The lowest BCUT2D eigenvalue weighted by Gasteiger charge is -2.30. The van der Waals surface area contributed by atoms with E-state index < -0.39 is 0 Å². The largest absolute Gasteiger partial charge is 0.385 e. The molecule has 0 bridgehead atoms. The van der Waals surface area contributed by atoms with Crippen molar-refractivity contribution in [1.82, 2.24) is 10.6 Å². The van der Waals surface area contributed by atoms with Crippen LogP contribution in [0.15, 0.2) is 71.1 Å². The van der Waals surface area contributed by atoms with Crippen LogP contribution in [0.2, 0.25) is 0 Å². The minimum Gasteiger partial charge on any atom is -0.385 e. The van der Waals surface area contributed by atoms with Crippen molar-refractivity contribution in [3.8, 4) is 0 Å². The van der Waals surface area contributed by atoms with Gasteiger partial charge in [-0.2, -0.15) is 0 Å². The van der Waals surface area contributed by atoms with Crippen LogP contribution >= 0.6 is 0 Å². The molecule has 2 atom stereocenters. The van der Waals surface area contributed by atoms with Crippen molar-refractivity contribution in [3.05, 3.63) is 71.1 Å². The maximum absolute atomic E-state index is 4.41. The highest BCUT2D eigenvalue weighted by molar-refractivity contribution is 5.44. The molecule has 35 heavy (non-hydrogen) atoms. The van der Waals surface area contributed by atoms with E-state index in [2.05, 4.69) is 77.1 Å². The number of hydrogen-bond acceptors (Lipinski definition) is 2. The molecule has 1 saturated carbocycles. The van der Waals surface area contributed by atoms with Gasteiger partial charge < -0.3 is 10.6 Å². The molecule has 0 aromatic carbocycles. The Labute approximate surface area is 217 Å². The van der Waals surface area contributed by atoms with Crippen molar-refractivity contribution in [2.75, 3.05) is 6.54 Å². The van der Waals surface area contributed by atoms with E-state index >= 15 is 0 Å². The monoisotopic (exact) mass is 478 g/mol. The highest BCUT2D eigenvalue weighted by atomic mass is 14.9. The molecule has 0 saturated heterocycles. The van der Waals surface area contributed by atoms with Gasteiger partial charge in [0.2, 0.25) is 0 Å². The lowest BCUT2D eigenvalue weighted by Crippen LogP contribution is -2.33. The first-order valence-electron chi connectivity index (χ1n) is 14.3. The van der Waals surface area contributed by atoms with Gasteiger partial charge in [-0.3, -0.25) is 0 Å². The van der Waals surface area contributed by atoms with Gasteiger partial charge in [0.15, 0.2) is 0 Å². The predicted octanol–water partition coefficient (Wildman–Crippen LogP) is 9.31. The highest BCUT2D eigenvalue weighted by Crippen LogP contribution is 2.38. The number of hydrogen-bond donors (Lipinski definition) is 2. The van der Waals surface area contributed by atoms with Crippen LogP contribution in [0.25, 0.3) is 0 Å². The summed E-state index contributed by atoms with van der Waals surface area (Å²) < 4.78 is 0. The Hall–Kier alpha value is -1.96. The molecule has 0 heterocycles. The summed E-state index contributed by atoms with van der Waals surface area (Å²) >= 11 is 0. The highest BCUT2D eigenvalue weighted by Gasteiger charge is 2.27. The number of nitrogens with one attached hydrogen (secondary N) is 2. The standard InChI is InChI=1S/C33H54N2/c1-9-15-31-22-32(29(8)34-21-14-12-10-11-13-16-24(2)3)23-33(27(31)6)35-28(7)25(4)17-18-26(5)30-19-20-30/h17,22,26,30,33-35H,2,7-16,18-21,23H2,1,3-6H3/b25-17+. The zero-order chi connectivity index (χ0) is 25.8. The molecule has 2 aliphatic carbocycles. The molecule has 2 N–H and O–H groups in total. The molecule has 2 nitrogen and oxygen atoms in total. The van der Waals surface area contributed by atoms with Crippen molar-refractivity contribution in [1.29, 1.82) is 0 Å². The summed E-state index contributed by atoms with van der Waals surface area (Å²) in [4.78, 5) is 0. The SMILES string of the molecule is C=C(C)CCCCCCCNC(=C)C1=CC(CCC)=C(C)C(NC(=C)/C(C)=C/CC(C)C2CC2)C1. The van der Waals surface area contributed by atoms with Gasteiger partial charge in [0.1, 0.15) is 0 Å². The van der Waals surface area contributed by atoms with Crippen molar-refractivity contribution in [2.24, 2.45) is 11.8 Å². The Morgan fingerprint density at radius 3 is 2.43 bits per heavy atom.